The molecule has 0 aliphatic heterocycles. The van der Waals surface area contributed by atoms with Crippen LogP contribution in [0.4, 0.5) is 11.4 Å². The molecule has 0 fully saturated rings. The van der Waals surface area contributed by atoms with Gasteiger partial charge in [0, 0.05) is 27.3 Å². The fourth-order valence-corrected chi connectivity index (χ4v) is 7.00. The zero-order chi connectivity index (χ0) is 30.0. The predicted molar refractivity (Wildman–Crippen MR) is 167 cm³/mol. The summed E-state index contributed by atoms with van der Waals surface area (Å²) in [5, 5.41) is 2.19. The number of anilines is 2. The first-order valence-corrected chi connectivity index (χ1v) is 15.7. The van der Waals surface area contributed by atoms with Crippen molar-refractivity contribution >= 4 is 50.6 Å². The molecule has 2 N–H and O–H groups in total. The predicted octanol–water partition coefficient (Wildman–Crippen LogP) is 6.73. The Kier molecular flexibility index (Phi) is 7.67. The van der Waals surface area contributed by atoms with Crippen LogP contribution in [-0.4, -0.2) is 25.9 Å². The van der Waals surface area contributed by atoms with Gasteiger partial charge in [-0.15, -0.1) is 11.8 Å². The lowest BCUT2D eigenvalue weighted by Crippen LogP contribution is -2.25. The highest BCUT2D eigenvalue weighted by Gasteiger charge is 2.32. The third-order valence-electron chi connectivity index (χ3n) is 6.96. The van der Waals surface area contributed by atoms with Gasteiger partial charge in [0.05, 0.1) is 16.1 Å². The Balaban J connectivity index is 1.26. The molecule has 0 aromatic heterocycles. The standard InChI is InChI=1S/C34H24N2O5S2/c37-31-26-14-7-8-15-27(26)32(38)30-28(31)16-9-17-29(30)35-34(39)33(22-10-3-1-4-11-22)42-24-20-18-23(19-21-24)36-43(40,41)25-12-5-2-6-13-25/h1-21,33,36H,(H,35,39). The number of hydrogen-bond acceptors (Lipinski definition) is 6. The largest absolute Gasteiger partial charge is 0.324 e. The molecule has 0 radical (unpaired) electrons. The second kappa shape index (κ2) is 11.7. The number of fused-ring (bicyclic) bond motifs is 2. The van der Waals surface area contributed by atoms with E-state index in [1.807, 2.05) is 30.3 Å². The maximum atomic E-state index is 13.8. The van der Waals surface area contributed by atoms with Gasteiger partial charge >= 0.3 is 0 Å². The third kappa shape index (κ3) is 5.73. The highest BCUT2D eigenvalue weighted by atomic mass is 32.2. The fourth-order valence-electron chi connectivity index (χ4n) is 4.90. The number of hydrogen-bond donors (Lipinski definition) is 2. The molecule has 9 heteroatoms. The Labute approximate surface area is 253 Å². The van der Waals surface area contributed by atoms with E-state index in [0.717, 1.165) is 10.5 Å². The lowest BCUT2D eigenvalue weighted by atomic mass is 9.83. The number of benzene rings is 5. The lowest BCUT2D eigenvalue weighted by molar-refractivity contribution is -0.115. The van der Waals surface area contributed by atoms with Crippen LogP contribution in [0.15, 0.2) is 137 Å². The van der Waals surface area contributed by atoms with Gasteiger partial charge < -0.3 is 5.32 Å². The highest BCUT2D eigenvalue weighted by Crippen LogP contribution is 2.38. The summed E-state index contributed by atoms with van der Waals surface area (Å²) in [6.45, 7) is 0. The van der Waals surface area contributed by atoms with Crippen molar-refractivity contribution in [1.29, 1.82) is 0 Å². The minimum atomic E-state index is -3.75. The van der Waals surface area contributed by atoms with Gasteiger partial charge in [-0.2, -0.15) is 0 Å². The van der Waals surface area contributed by atoms with Gasteiger partial charge in [-0.25, -0.2) is 8.42 Å². The van der Waals surface area contributed by atoms with Gasteiger partial charge in [0.15, 0.2) is 11.6 Å². The van der Waals surface area contributed by atoms with Crippen molar-refractivity contribution in [3.8, 4) is 0 Å². The summed E-state index contributed by atoms with van der Waals surface area (Å²) in [7, 11) is -3.75. The monoisotopic (exact) mass is 604 g/mol. The number of sulfonamides is 1. The van der Waals surface area contributed by atoms with Gasteiger partial charge in [0.1, 0.15) is 5.25 Å². The first kappa shape index (κ1) is 28.1. The van der Waals surface area contributed by atoms with Crippen molar-refractivity contribution in [2.24, 2.45) is 0 Å². The second-order valence-electron chi connectivity index (χ2n) is 9.77. The molecule has 0 heterocycles. The Bertz CT molecular complexity index is 1960. The van der Waals surface area contributed by atoms with Crippen LogP contribution in [0.3, 0.4) is 0 Å². The van der Waals surface area contributed by atoms with Crippen LogP contribution in [-0.2, 0) is 14.8 Å². The van der Waals surface area contributed by atoms with Crippen molar-refractivity contribution in [2.75, 3.05) is 10.0 Å². The van der Waals surface area contributed by atoms with E-state index in [0.29, 0.717) is 16.8 Å². The van der Waals surface area contributed by atoms with Crippen molar-refractivity contribution in [3.63, 3.8) is 0 Å². The summed E-state index contributed by atoms with van der Waals surface area (Å²) in [6, 6.07) is 35.6. The third-order valence-corrected chi connectivity index (χ3v) is 9.63. The summed E-state index contributed by atoms with van der Waals surface area (Å²) >= 11 is 1.28. The molecule has 5 aromatic carbocycles. The average molecular weight is 605 g/mol. The topological polar surface area (TPSA) is 109 Å². The summed E-state index contributed by atoms with van der Waals surface area (Å²) < 4.78 is 28.0. The van der Waals surface area contributed by atoms with E-state index < -0.39 is 15.3 Å². The number of amides is 1. The second-order valence-corrected chi connectivity index (χ2v) is 12.6. The Morgan fingerprint density at radius 3 is 1.88 bits per heavy atom. The van der Waals surface area contributed by atoms with Crippen LogP contribution in [0.25, 0.3) is 0 Å². The van der Waals surface area contributed by atoms with Crippen molar-refractivity contribution in [1.82, 2.24) is 0 Å². The molecule has 0 spiro atoms. The molecular weight excluding hydrogens is 581 g/mol. The molecule has 43 heavy (non-hydrogen) atoms. The Morgan fingerprint density at radius 1 is 0.628 bits per heavy atom. The maximum absolute atomic E-state index is 13.8. The van der Waals surface area contributed by atoms with E-state index in [-0.39, 0.29) is 39.2 Å². The minimum absolute atomic E-state index is 0.154. The molecule has 7 nitrogen and oxygen atoms in total. The minimum Gasteiger partial charge on any atom is -0.324 e. The van der Waals surface area contributed by atoms with Gasteiger partial charge in [-0.1, -0.05) is 84.9 Å². The fraction of sp³-hybridized carbons (Fsp3) is 0.0294. The number of carbonyl (C=O) groups is 3. The van der Waals surface area contributed by atoms with E-state index in [2.05, 4.69) is 10.0 Å². The SMILES string of the molecule is O=C1c2ccccc2C(=O)c2c(NC(=O)C(Sc3ccc(NS(=O)(=O)c4ccccc4)cc3)c3ccccc3)cccc21. The number of thioether (sulfide) groups is 1. The van der Waals surface area contributed by atoms with Gasteiger partial charge in [-0.05, 0) is 48.0 Å². The maximum Gasteiger partial charge on any atom is 0.261 e. The molecule has 0 bridgehead atoms. The normalized spacial score (nSPS) is 13.0. The van der Waals surface area contributed by atoms with Crippen LogP contribution in [0.5, 0.6) is 0 Å². The summed E-state index contributed by atoms with van der Waals surface area (Å²) in [4.78, 5) is 41.3. The summed E-state index contributed by atoms with van der Waals surface area (Å²) in [5.74, 6) is -0.964. The molecule has 1 unspecified atom stereocenters. The molecule has 0 saturated carbocycles. The number of ketones is 2. The van der Waals surface area contributed by atoms with Crippen molar-refractivity contribution < 1.29 is 22.8 Å². The zero-order valence-corrected chi connectivity index (χ0v) is 24.2. The van der Waals surface area contributed by atoms with Gasteiger partial charge in [-0.3, -0.25) is 19.1 Å². The van der Waals surface area contributed by atoms with Crippen LogP contribution in [0.1, 0.15) is 42.7 Å². The van der Waals surface area contributed by atoms with Crippen LogP contribution < -0.4 is 10.0 Å². The molecule has 212 valence electrons. The van der Waals surface area contributed by atoms with E-state index in [1.165, 1.54) is 23.9 Å². The van der Waals surface area contributed by atoms with Crippen LogP contribution in [0.2, 0.25) is 0 Å². The van der Waals surface area contributed by atoms with Gasteiger partial charge in [0.25, 0.3) is 10.0 Å². The molecule has 6 rings (SSSR count). The zero-order valence-electron chi connectivity index (χ0n) is 22.6. The molecule has 0 saturated heterocycles. The quantitative estimate of drug-likeness (QED) is 0.186. The molecule has 1 aliphatic rings. The van der Waals surface area contributed by atoms with E-state index in [9.17, 15) is 22.8 Å². The summed E-state index contributed by atoms with van der Waals surface area (Å²) in [6.07, 6.45) is 0. The van der Waals surface area contributed by atoms with E-state index >= 15 is 0 Å². The first-order chi connectivity index (χ1) is 20.8. The molecule has 1 aliphatic carbocycles. The van der Waals surface area contributed by atoms with E-state index in [1.54, 1.807) is 84.9 Å². The van der Waals surface area contributed by atoms with Crippen molar-refractivity contribution in [3.05, 3.63) is 155 Å². The highest BCUT2D eigenvalue weighted by molar-refractivity contribution is 8.00. The number of rotatable bonds is 8. The summed E-state index contributed by atoms with van der Waals surface area (Å²) in [5.41, 5.74) is 2.45. The molecule has 5 aromatic rings. The van der Waals surface area contributed by atoms with Gasteiger partial charge in [0.2, 0.25) is 5.91 Å². The van der Waals surface area contributed by atoms with Crippen molar-refractivity contribution in [2.45, 2.75) is 15.0 Å². The Hall–Kier alpha value is -4.99. The first-order valence-electron chi connectivity index (χ1n) is 13.3. The molecule has 1 amide bonds. The Morgan fingerprint density at radius 2 is 1.21 bits per heavy atom. The lowest BCUT2D eigenvalue weighted by Gasteiger charge is -2.22. The molecule has 1 atom stereocenters. The van der Waals surface area contributed by atoms with Crippen LogP contribution >= 0.6 is 11.8 Å². The average Bonchev–Trinajstić information content (AvgIpc) is 3.04. The van der Waals surface area contributed by atoms with E-state index in [4.69, 9.17) is 0 Å². The number of carbonyl (C=O) groups excluding carboxylic acids is 3. The smallest absolute Gasteiger partial charge is 0.261 e. The number of nitrogens with one attached hydrogen (secondary N) is 2. The molecular formula is C34H24N2O5S2. The van der Waals surface area contributed by atoms with Crippen LogP contribution in [0, 0.1) is 0 Å².